The summed E-state index contributed by atoms with van der Waals surface area (Å²) in [6.07, 6.45) is 1.29. The number of hydrogen-bond acceptors (Lipinski definition) is 16. The Morgan fingerprint density at radius 1 is 1.23 bits per heavy atom. The summed E-state index contributed by atoms with van der Waals surface area (Å²) in [7, 11) is 3.90. The summed E-state index contributed by atoms with van der Waals surface area (Å²) >= 11 is 3.97. The molecule has 1 saturated heterocycles. The third kappa shape index (κ3) is 8.74. The van der Waals surface area contributed by atoms with E-state index in [0.29, 0.717) is 33.9 Å². The van der Waals surface area contributed by atoms with Gasteiger partial charge >= 0.3 is 12.1 Å². The maximum Gasteiger partial charge on any atom is 0.511 e. The van der Waals surface area contributed by atoms with Gasteiger partial charge in [-0.15, -0.1) is 28.2 Å². The van der Waals surface area contributed by atoms with Crippen LogP contribution < -0.4 is 11.1 Å². The lowest BCUT2D eigenvalue weighted by Crippen LogP contribution is -2.70. The van der Waals surface area contributed by atoms with Gasteiger partial charge < -0.3 is 30.2 Å². The Labute approximate surface area is 284 Å². The van der Waals surface area contributed by atoms with Crippen molar-refractivity contribution in [3.63, 3.8) is 0 Å². The van der Waals surface area contributed by atoms with E-state index in [1.165, 1.54) is 46.7 Å². The third-order valence-electron chi connectivity index (χ3n) is 7.92. The van der Waals surface area contributed by atoms with Crippen LogP contribution >= 0.6 is 34.9 Å². The molecule has 1 saturated carbocycles. The van der Waals surface area contributed by atoms with Crippen molar-refractivity contribution in [3.8, 4) is 0 Å². The molecule has 2 aromatic rings. The Morgan fingerprint density at radius 2 is 2.02 bits per heavy atom. The van der Waals surface area contributed by atoms with Gasteiger partial charge in [0.05, 0.1) is 18.7 Å². The van der Waals surface area contributed by atoms with Gasteiger partial charge in [-0.3, -0.25) is 14.5 Å². The van der Waals surface area contributed by atoms with E-state index in [1.54, 1.807) is 10.1 Å². The van der Waals surface area contributed by atoms with Crippen molar-refractivity contribution in [3.05, 3.63) is 22.3 Å². The quantitative estimate of drug-likeness (QED) is 0.132. The maximum absolute atomic E-state index is 13.7. The predicted molar refractivity (Wildman–Crippen MR) is 174 cm³/mol. The summed E-state index contributed by atoms with van der Waals surface area (Å²) in [6, 6.07) is -0.847. The summed E-state index contributed by atoms with van der Waals surface area (Å²) in [4.78, 5) is 59.8. The monoisotopic (exact) mass is 709 g/mol. The van der Waals surface area contributed by atoms with Crippen molar-refractivity contribution in [2.75, 3.05) is 37.9 Å². The Kier molecular flexibility index (Phi) is 11.6. The molecule has 1 aliphatic carbocycles. The first kappa shape index (κ1) is 34.9. The Morgan fingerprint density at radius 3 is 2.74 bits per heavy atom. The van der Waals surface area contributed by atoms with Crippen LogP contribution in [0.25, 0.3) is 0 Å². The molecule has 2 aromatic heterocycles. The molecule has 0 aromatic carbocycles. The average molecular weight is 710 g/mol. The fourth-order valence-electron chi connectivity index (χ4n) is 5.44. The van der Waals surface area contributed by atoms with Gasteiger partial charge in [-0.05, 0) is 55.3 Å². The minimum Gasteiger partial charge on any atom is -0.431 e. The molecule has 3 N–H and O–H groups in total. The van der Waals surface area contributed by atoms with Gasteiger partial charge in [-0.25, -0.2) is 19.3 Å². The topological polar surface area (TPSA) is 197 Å². The number of hydrogen-bond donors (Lipinski definition) is 2. The number of thiazole rings is 1. The first-order valence-corrected chi connectivity index (χ1v) is 18.2. The second kappa shape index (κ2) is 15.7. The molecular formula is C28H39N9O7S3. The van der Waals surface area contributed by atoms with E-state index in [0.717, 1.165) is 32.2 Å². The van der Waals surface area contributed by atoms with Crippen molar-refractivity contribution in [2.45, 2.75) is 81.5 Å². The number of anilines is 1. The zero-order chi connectivity index (χ0) is 33.7. The summed E-state index contributed by atoms with van der Waals surface area (Å²) < 4.78 is 18.0. The lowest BCUT2D eigenvalue weighted by atomic mass is 9.88. The van der Waals surface area contributed by atoms with Crippen LogP contribution in [0.1, 0.15) is 45.2 Å². The van der Waals surface area contributed by atoms with Crippen LogP contribution in [0.5, 0.6) is 0 Å². The maximum atomic E-state index is 13.7. The number of ether oxygens (including phenoxy) is 3. The minimum absolute atomic E-state index is 0.0331. The molecule has 5 rings (SSSR count). The number of carbonyl (C=O) groups excluding carboxylic acids is 4. The number of tetrazole rings is 1. The standard InChI is InChI=1S/C28H39N9O7S3/c1-15-7-5-6-8-19(15)44-28(41)43-16(2)42-25(40)22-17(13-47-27-32-33-34-36(27)10-9-35(3)4)12-45-24-21(23(39)37(22)24)31-20(38)11-18-14-46-26(29)30-18/h14-16,19,21,24H,5-13H2,1-4H3,(H2,29,30)(H,31,38)/t15-,16?,19-,21-,24+/m1/s1. The highest BCUT2D eigenvalue weighted by atomic mass is 32.2. The highest BCUT2D eigenvalue weighted by Crippen LogP contribution is 2.42. The molecule has 4 heterocycles. The number of β-lactam (4-membered cyclic amide) rings is 1. The Balaban J connectivity index is 1.28. The molecule has 0 radical (unpaired) electrons. The molecule has 256 valence electrons. The van der Waals surface area contributed by atoms with E-state index >= 15 is 0 Å². The molecule has 1 unspecified atom stereocenters. The number of amides is 2. The van der Waals surface area contributed by atoms with E-state index in [4.69, 9.17) is 19.9 Å². The van der Waals surface area contributed by atoms with Gasteiger partial charge in [0.15, 0.2) is 5.13 Å². The lowest BCUT2D eigenvalue weighted by Gasteiger charge is -2.49. The number of aromatic nitrogens is 5. The Bertz CT molecular complexity index is 1500. The number of likely N-dealkylation sites (N-methyl/N-ethyl adjacent to an activating group) is 1. The number of rotatable bonds is 13. The molecule has 19 heteroatoms. The number of esters is 1. The van der Waals surface area contributed by atoms with Gasteiger partial charge in [0.2, 0.25) is 17.4 Å². The second-order valence-electron chi connectivity index (χ2n) is 11.8. The van der Waals surface area contributed by atoms with Crippen LogP contribution in [0.15, 0.2) is 21.8 Å². The van der Waals surface area contributed by atoms with Crippen LogP contribution in [-0.4, -0.2) is 115 Å². The molecule has 16 nitrogen and oxygen atoms in total. The molecular weight excluding hydrogens is 671 g/mol. The zero-order valence-electron chi connectivity index (χ0n) is 26.6. The van der Waals surface area contributed by atoms with Crippen molar-refractivity contribution in [2.24, 2.45) is 5.92 Å². The van der Waals surface area contributed by atoms with Crippen LogP contribution in [0.2, 0.25) is 0 Å². The number of thioether (sulfide) groups is 2. The van der Waals surface area contributed by atoms with Crippen molar-refractivity contribution in [1.82, 2.24) is 40.3 Å². The van der Waals surface area contributed by atoms with Crippen molar-refractivity contribution < 1.29 is 33.4 Å². The van der Waals surface area contributed by atoms with Gasteiger partial charge in [-0.2, -0.15) is 0 Å². The number of nitrogens with zero attached hydrogens (tertiary/aromatic N) is 7. The van der Waals surface area contributed by atoms with Gasteiger partial charge in [0, 0.05) is 30.4 Å². The highest BCUT2D eigenvalue weighted by Gasteiger charge is 2.54. The van der Waals surface area contributed by atoms with Gasteiger partial charge in [0.1, 0.15) is 23.2 Å². The number of carbonyl (C=O) groups is 4. The molecule has 5 atom stereocenters. The number of nitrogen functional groups attached to an aromatic ring is 1. The fourth-order valence-corrected chi connectivity index (χ4v) is 8.39. The van der Waals surface area contributed by atoms with E-state index < -0.39 is 35.7 Å². The van der Waals surface area contributed by atoms with Crippen LogP contribution in [0, 0.1) is 5.92 Å². The summed E-state index contributed by atoms with van der Waals surface area (Å²) in [6.45, 7) is 4.73. The van der Waals surface area contributed by atoms with E-state index in [2.05, 4.69) is 25.8 Å². The number of nitrogens with two attached hydrogens (primary N) is 1. The normalized spacial score (nSPS) is 23.2. The lowest BCUT2D eigenvalue weighted by molar-refractivity contribution is -0.170. The predicted octanol–water partition coefficient (Wildman–Crippen LogP) is 1.88. The molecule has 47 heavy (non-hydrogen) atoms. The molecule has 0 bridgehead atoms. The third-order valence-corrected chi connectivity index (χ3v) is 11.0. The first-order chi connectivity index (χ1) is 22.5. The van der Waals surface area contributed by atoms with Crippen LogP contribution in [-0.2, 0) is 41.6 Å². The van der Waals surface area contributed by atoms with Crippen molar-refractivity contribution in [1.29, 1.82) is 0 Å². The van der Waals surface area contributed by atoms with Crippen LogP contribution in [0.3, 0.4) is 0 Å². The number of fused-ring (bicyclic) bond motifs is 1. The first-order valence-electron chi connectivity index (χ1n) is 15.3. The summed E-state index contributed by atoms with van der Waals surface area (Å²) in [5.41, 5.74) is 6.84. The minimum atomic E-state index is -1.28. The second-order valence-corrected chi connectivity index (χ2v) is 14.7. The fraction of sp³-hybridized carbons (Fsp3) is 0.643. The molecule has 3 aliphatic rings. The largest absolute Gasteiger partial charge is 0.511 e. The molecule has 0 spiro atoms. The molecule has 2 aliphatic heterocycles. The van der Waals surface area contributed by atoms with E-state index in [9.17, 15) is 19.2 Å². The average Bonchev–Trinajstić information content (AvgIpc) is 3.65. The smallest absolute Gasteiger partial charge is 0.431 e. The Hall–Kier alpha value is -3.42. The highest BCUT2D eigenvalue weighted by molar-refractivity contribution is 8.01. The van der Waals surface area contributed by atoms with E-state index in [-0.39, 0.29) is 35.8 Å². The number of nitrogens with one attached hydrogen (secondary N) is 1. The zero-order valence-corrected chi connectivity index (χ0v) is 29.1. The summed E-state index contributed by atoms with van der Waals surface area (Å²) in [5, 5.41) is 16.8. The SMILES string of the molecule is CC(OC(=O)O[C@@H]1CCCC[C@H]1C)OC(=O)C1=C(CSc2nnnn2CCN(C)C)CS[C@H]2[C@H](NC(=O)Cc3csc(N)n3)C(=O)N12. The van der Waals surface area contributed by atoms with Crippen molar-refractivity contribution >= 4 is 63.9 Å². The van der Waals surface area contributed by atoms with Gasteiger partial charge in [-0.1, -0.05) is 25.1 Å². The van der Waals surface area contributed by atoms with E-state index in [1.807, 2.05) is 25.9 Å². The molecule has 2 amide bonds. The molecule has 2 fully saturated rings. The van der Waals surface area contributed by atoms with Gasteiger partial charge in [0.25, 0.3) is 5.91 Å². The van der Waals surface area contributed by atoms with Crippen LogP contribution in [0.4, 0.5) is 9.93 Å². The summed E-state index contributed by atoms with van der Waals surface area (Å²) in [5.74, 6) is -0.809.